The van der Waals surface area contributed by atoms with E-state index in [0.29, 0.717) is 23.8 Å². The molecule has 122 valence electrons. The lowest BCUT2D eigenvalue weighted by molar-refractivity contribution is -0.118. The zero-order valence-electron chi connectivity index (χ0n) is 13.5. The van der Waals surface area contributed by atoms with Gasteiger partial charge in [-0.2, -0.15) is 0 Å². The van der Waals surface area contributed by atoms with Gasteiger partial charge in [-0.3, -0.25) is 4.79 Å². The molecule has 0 unspecified atom stereocenters. The van der Waals surface area contributed by atoms with Crippen molar-refractivity contribution in [2.45, 2.75) is 20.8 Å². The van der Waals surface area contributed by atoms with Crippen LogP contribution in [0.25, 0.3) is 0 Å². The molecule has 2 aromatic carbocycles. The highest BCUT2D eigenvalue weighted by molar-refractivity contribution is 9.10. The maximum Gasteiger partial charge on any atom is 0.262 e. The van der Waals surface area contributed by atoms with Crippen molar-refractivity contribution < 1.29 is 14.3 Å². The quantitative estimate of drug-likeness (QED) is 0.806. The number of halogens is 1. The molecule has 1 amide bonds. The van der Waals surface area contributed by atoms with Gasteiger partial charge in [0.15, 0.2) is 6.61 Å². The van der Waals surface area contributed by atoms with E-state index in [1.54, 1.807) is 6.07 Å². The van der Waals surface area contributed by atoms with Gasteiger partial charge in [0.2, 0.25) is 0 Å². The van der Waals surface area contributed by atoms with Crippen LogP contribution in [0.4, 0.5) is 5.69 Å². The first-order valence-corrected chi connectivity index (χ1v) is 8.21. The van der Waals surface area contributed by atoms with Gasteiger partial charge in [-0.1, -0.05) is 28.1 Å². The fourth-order valence-corrected chi connectivity index (χ4v) is 2.55. The number of ether oxygens (including phenoxy) is 2. The van der Waals surface area contributed by atoms with Crippen LogP contribution in [-0.2, 0) is 4.79 Å². The SMILES string of the molecule is CCOc1ccccc1NC(=O)COc1cc(C)c(Br)cc1C. The number of nitrogens with one attached hydrogen (secondary N) is 1. The third-order valence-electron chi connectivity index (χ3n) is 3.28. The minimum absolute atomic E-state index is 0.0532. The molecule has 0 aliphatic heterocycles. The Labute approximate surface area is 144 Å². The number of carbonyl (C=O) groups excluding carboxylic acids is 1. The van der Waals surface area contributed by atoms with Gasteiger partial charge in [0.1, 0.15) is 11.5 Å². The highest BCUT2D eigenvalue weighted by Gasteiger charge is 2.10. The largest absolute Gasteiger partial charge is 0.492 e. The van der Waals surface area contributed by atoms with Crippen LogP contribution in [0.1, 0.15) is 18.1 Å². The van der Waals surface area contributed by atoms with Crippen molar-refractivity contribution in [3.8, 4) is 11.5 Å². The zero-order chi connectivity index (χ0) is 16.8. The van der Waals surface area contributed by atoms with Crippen LogP contribution in [0.3, 0.4) is 0 Å². The first-order chi connectivity index (χ1) is 11.0. The lowest BCUT2D eigenvalue weighted by Gasteiger charge is -2.13. The molecule has 5 heteroatoms. The number of carbonyl (C=O) groups is 1. The van der Waals surface area contributed by atoms with E-state index >= 15 is 0 Å². The molecular weight excluding hydrogens is 358 g/mol. The number of benzene rings is 2. The molecule has 4 nitrogen and oxygen atoms in total. The fraction of sp³-hybridized carbons (Fsp3) is 0.278. The van der Waals surface area contributed by atoms with Gasteiger partial charge in [-0.15, -0.1) is 0 Å². The normalized spacial score (nSPS) is 10.3. The van der Waals surface area contributed by atoms with Crippen molar-refractivity contribution in [3.63, 3.8) is 0 Å². The van der Waals surface area contributed by atoms with Crippen molar-refractivity contribution >= 4 is 27.5 Å². The van der Waals surface area contributed by atoms with Crippen LogP contribution < -0.4 is 14.8 Å². The van der Waals surface area contributed by atoms with Crippen LogP contribution in [0.5, 0.6) is 11.5 Å². The molecule has 0 aromatic heterocycles. The smallest absolute Gasteiger partial charge is 0.262 e. The topological polar surface area (TPSA) is 47.6 Å². The number of rotatable bonds is 6. The standard InChI is InChI=1S/C18H20BrNO3/c1-4-22-16-8-6-5-7-15(16)20-18(21)11-23-17-10-12(2)14(19)9-13(17)3/h5-10H,4,11H2,1-3H3,(H,20,21). The summed E-state index contributed by atoms with van der Waals surface area (Å²) in [5, 5.41) is 2.81. The van der Waals surface area contributed by atoms with Crippen molar-refractivity contribution in [3.05, 3.63) is 52.0 Å². The summed E-state index contributed by atoms with van der Waals surface area (Å²) < 4.78 is 12.1. The summed E-state index contributed by atoms with van der Waals surface area (Å²) in [5.74, 6) is 1.13. The fourth-order valence-electron chi connectivity index (χ4n) is 2.09. The number of aryl methyl sites for hydroxylation is 2. The summed E-state index contributed by atoms with van der Waals surface area (Å²) in [6.45, 7) is 6.32. The maximum absolute atomic E-state index is 12.1. The Bertz CT molecular complexity index is 701. The van der Waals surface area contributed by atoms with E-state index < -0.39 is 0 Å². The molecule has 0 aliphatic rings. The van der Waals surface area contributed by atoms with Crippen LogP contribution in [-0.4, -0.2) is 19.1 Å². The molecule has 0 radical (unpaired) electrons. The van der Waals surface area contributed by atoms with Crippen molar-refractivity contribution in [2.24, 2.45) is 0 Å². The first-order valence-electron chi connectivity index (χ1n) is 7.42. The Kier molecular flexibility index (Phi) is 6.04. The highest BCUT2D eigenvalue weighted by atomic mass is 79.9. The average molecular weight is 378 g/mol. The monoisotopic (exact) mass is 377 g/mol. The molecule has 2 rings (SSSR count). The van der Waals surface area contributed by atoms with Gasteiger partial charge in [0, 0.05) is 4.47 Å². The zero-order valence-corrected chi connectivity index (χ0v) is 15.1. The van der Waals surface area contributed by atoms with E-state index in [9.17, 15) is 4.79 Å². The summed E-state index contributed by atoms with van der Waals surface area (Å²) in [6, 6.07) is 11.2. The Balaban J connectivity index is 2.00. The molecular formula is C18H20BrNO3. The Morgan fingerprint density at radius 2 is 1.83 bits per heavy atom. The van der Waals surface area contributed by atoms with Crippen LogP contribution in [0, 0.1) is 13.8 Å². The minimum Gasteiger partial charge on any atom is -0.492 e. The second-order valence-electron chi connectivity index (χ2n) is 5.13. The van der Waals surface area contributed by atoms with Crippen LogP contribution in [0.15, 0.2) is 40.9 Å². The molecule has 0 aliphatic carbocycles. The number of anilines is 1. The highest BCUT2D eigenvalue weighted by Crippen LogP contribution is 2.27. The van der Waals surface area contributed by atoms with Crippen LogP contribution in [0.2, 0.25) is 0 Å². The van der Waals surface area contributed by atoms with Gasteiger partial charge in [0.05, 0.1) is 12.3 Å². The lowest BCUT2D eigenvalue weighted by Crippen LogP contribution is -2.20. The Hall–Kier alpha value is -2.01. The predicted molar refractivity (Wildman–Crippen MR) is 95.4 cm³/mol. The van der Waals surface area contributed by atoms with Gasteiger partial charge < -0.3 is 14.8 Å². The minimum atomic E-state index is -0.225. The van der Waals surface area contributed by atoms with E-state index in [1.807, 2.05) is 51.1 Å². The maximum atomic E-state index is 12.1. The van der Waals surface area contributed by atoms with Crippen molar-refractivity contribution in [2.75, 3.05) is 18.5 Å². The molecule has 23 heavy (non-hydrogen) atoms. The predicted octanol–water partition coefficient (Wildman–Crippen LogP) is 4.48. The number of hydrogen-bond donors (Lipinski definition) is 1. The number of hydrogen-bond acceptors (Lipinski definition) is 3. The van der Waals surface area contributed by atoms with Gasteiger partial charge >= 0.3 is 0 Å². The first kappa shape index (κ1) is 17.3. The van der Waals surface area contributed by atoms with E-state index in [-0.39, 0.29) is 12.5 Å². The molecule has 2 aromatic rings. The third-order valence-corrected chi connectivity index (χ3v) is 4.13. The second kappa shape index (κ2) is 8.02. The third kappa shape index (κ3) is 4.73. The Morgan fingerprint density at radius 1 is 1.09 bits per heavy atom. The molecule has 0 fully saturated rings. The van der Waals surface area contributed by atoms with E-state index in [2.05, 4.69) is 21.2 Å². The number of amides is 1. The van der Waals surface area contributed by atoms with Gasteiger partial charge in [-0.05, 0) is 56.2 Å². The van der Waals surface area contributed by atoms with E-state index in [1.165, 1.54) is 0 Å². The second-order valence-corrected chi connectivity index (χ2v) is 5.99. The van der Waals surface area contributed by atoms with Gasteiger partial charge in [0.25, 0.3) is 5.91 Å². The Morgan fingerprint density at radius 3 is 2.57 bits per heavy atom. The average Bonchev–Trinajstić information content (AvgIpc) is 2.52. The summed E-state index contributed by atoms with van der Waals surface area (Å²) in [5.41, 5.74) is 2.68. The summed E-state index contributed by atoms with van der Waals surface area (Å²) in [4.78, 5) is 12.1. The molecule has 0 bridgehead atoms. The van der Waals surface area contributed by atoms with Gasteiger partial charge in [-0.25, -0.2) is 0 Å². The molecule has 0 saturated heterocycles. The summed E-state index contributed by atoms with van der Waals surface area (Å²) >= 11 is 3.48. The van der Waals surface area contributed by atoms with Crippen molar-refractivity contribution in [1.29, 1.82) is 0 Å². The van der Waals surface area contributed by atoms with Crippen LogP contribution >= 0.6 is 15.9 Å². The molecule has 0 spiro atoms. The molecule has 0 saturated carbocycles. The summed E-state index contributed by atoms with van der Waals surface area (Å²) in [7, 11) is 0. The summed E-state index contributed by atoms with van der Waals surface area (Å²) in [6.07, 6.45) is 0. The van der Waals surface area contributed by atoms with Crippen molar-refractivity contribution in [1.82, 2.24) is 0 Å². The lowest BCUT2D eigenvalue weighted by atomic mass is 10.1. The molecule has 0 heterocycles. The van der Waals surface area contributed by atoms with E-state index in [0.717, 1.165) is 15.6 Å². The molecule has 1 N–H and O–H groups in total. The number of para-hydroxylation sites is 2. The van der Waals surface area contributed by atoms with E-state index in [4.69, 9.17) is 9.47 Å². The molecule has 0 atom stereocenters.